The molecule has 0 radical (unpaired) electrons. The summed E-state index contributed by atoms with van der Waals surface area (Å²) in [6.07, 6.45) is 6.28. The molecule has 0 bridgehead atoms. The molecule has 9 nitrogen and oxygen atoms in total. The van der Waals surface area contributed by atoms with Crippen LogP contribution in [0.2, 0.25) is 0 Å². The summed E-state index contributed by atoms with van der Waals surface area (Å²) in [5.74, 6) is 1.18. The fourth-order valence-electron chi connectivity index (χ4n) is 5.66. The van der Waals surface area contributed by atoms with E-state index in [4.69, 9.17) is 9.47 Å². The molecule has 1 aromatic heterocycles. The Hall–Kier alpha value is -3.72. The number of hydrogen-bond acceptors (Lipinski definition) is 6. The van der Waals surface area contributed by atoms with Gasteiger partial charge in [0.1, 0.15) is 11.6 Å². The molecule has 0 atom stereocenters. The van der Waals surface area contributed by atoms with Crippen LogP contribution in [0.15, 0.2) is 53.3 Å². The van der Waals surface area contributed by atoms with Crippen molar-refractivity contribution in [2.45, 2.75) is 51.4 Å². The van der Waals surface area contributed by atoms with Gasteiger partial charge in [-0.05, 0) is 56.4 Å². The number of nitrogens with zero attached hydrogens (tertiary/aromatic N) is 2. The van der Waals surface area contributed by atoms with E-state index < -0.39 is 0 Å². The molecule has 2 aliphatic rings. The smallest absolute Gasteiger partial charge is 0.258 e. The number of likely N-dealkylation sites (tertiary alicyclic amines) is 1. The maximum Gasteiger partial charge on any atom is 0.258 e. The average molecular weight is 547 g/mol. The third-order valence-electron chi connectivity index (χ3n) is 8.09. The number of H-pyrrole nitrogens is 1. The van der Waals surface area contributed by atoms with Gasteiger partial charge >= 0.3 is 0 Å². The maximum absolute atomic E-state index is 13.1. The molecule has 5 rings (SSSR count). The number of aryl methyl sites for hydroxylation is 1. The molecule has 2 aromatic carbocycles. The number of rotatable bonds is 4. The summed E-state index contributed by atoms with van der Waals surface area (Å²) in [6.45, 7) is 3.52. The molecule has 1 saturated heterocycles. The Morgan fingerprint density at radius 3 is 2.65 bits per heavy atom. The molecule has 2 amide bonds. The van der Waals surface area contributed by atoms with Gasteiger partial charge in [-0.1, -0.05) is 30.7 Å². The van der Waals surface area contributed by atoms with Gasteiger partial charge < -0.3 is 24.7 Å². The van der Waals surface area contributed by atoms with E-state index in [0.29, 0.717) is 86.8 Å². The Morgan fingerprint density at radius 1 is 0.975 bits per heavy atom. The Morgan fingerprint density at radius 2 is 1.77 bits per heavy atom. The highest BCUT2D eigenvalue weighted by Crippen LogP contribution is 2.38. The monoisotopic (exact) mass is 546 g/mol. The summed E-state index contributed by atoms with van der Waals surface area (Å²) in [4.78, 5) is 47.4. The predicted octanol–water partition coefficient (Wildman–Crippen LogP) is 3.86. The minimum Gasteiger partial charge on any atom is -0.492 e. The Balaban J connectivity index is 1.17. The van der Waals surface area contributed by atoms with Gasteiger partial charge in [0.25, 0.3) is 11.5 Å². The first kappa shape index (κ1) is 27.8. The van der Waals surface area contributed by atoms with E-state index in [1.807, 2.05) is 41.3 Å². The summed E-state index contributed by atoms with van der Waals surface area (Å²) in [5, 5.41) is 3.48. The molecule has 0 saturated carbocycles. The number of carbonyl (C=O) groups is 2. The van der Waals surface area contributed by atoms with E-state index in [-0.39, 0.29) is 22.8 Å². The van der Waals surface area contributed by atoms with Gasteiger partial charge in [0.2, 0.25) is 5.91 Å². The minimum atomic E-state index is -0.159. The van der Waals surface area contributed by atoms with Gasteiger partial charge in [-0.2, -0.15) is 0 Å². The van der Waals surface area contributed by atoms with Crippen LogP contribution in [0.3, 0.4) is 0 Å². The average Bonchev–Trinajstić information content (AvgIpc) is 2.97. The second-order valence-electron chi connectivity index (χ2n) is 10.9. The van der Waals surface area contributed by atoms with Crippen molar-refractivity contribution in [2.75, 3.05) is 39.5 Å². The molecule has 2 N–H and O–H groups in total. The van der Waals surface area contributed by atoms with Gasteiger partial charge in [-0.3, -0.25) is 14.4 Å². The van der Waals surface area contributed by atoms with Gasteiger partial charge in [-0.15, -0.1) is 0 Å². The van der Waals surface area contributed by atoms with Crippen molar-refractivity contribution < 1.29 is 19.1 Å². The second-order valence-corrected chi connectivity index (χ2v) is 10.9. The van der Waals surface area contributed by atoms with Crippen LogP contribution in [0.5, 0.6) is 5.75 Å². The summed E-state index contributed by atoms with van der Waals surface area (Å²) < 4.78 is 12.0. The predicted molar refractivity (Wildman–Crippen MR) is 152 cm³/mol. The van der Waals surface area contributed by atoms with Crippen LogP contribution >= 0.6 is 0 Å². The standard InChI is InChI=1S/C31H38N4O5/c36-28(13-7-12-27-33-25-10-3-1-8-23(25)30(38)34-27)35-18-15-31(16-19-35)14-5-6-20-39-21-17-32-29(37)24-9-2-4-11-26(24)40-22-31/h1-4,8-11H,5-7,12-22H2,(H,32,37)(H,33,34,38). The highest BCUT2D eigenvalue weighted by Gasteiger charge is 2.36. The van der Waals surface area contributed by atoms with Gasteiger partial charge in [-0.25, -0.2) is 4.98 Å². The number of amides is 2. The van der Waals surface area contributed by atoms with Gasteiger partial charge in [0, 0.05) is 44.5 Å². The molecule has 40 heavy (non-hydrogen) atoms. The van der Waals surface area contributed by atoms with Crippen LogP contribution in [0.4, 0.5) is 0 Å². The zero-order valence-electron chi connectivity index (χ0n) is 23.0. The summed E-state index contributed by atoms with van der Waals surface area (Å²) in [7, 11) is 0. The van der Waals surface area contributed by atoms with Crippen LogP contribution in [0.25, 0.3) is 10.9 Å². The molecule has 3 heterocycles. The van der Waals surface area contributed by atoms with Crippen molar-refractivity contribution in [3.63, 3.8) is 0 Å². The fraction of sp³-hybridized carbons (Fsp3) is 0.484. The number of aromatic nitrogens is 2. The van der Waals surface area contributed by atoms with Gasteiger partial charge in [0.05, 0.1) is 29.7 Å². The highest BCUT2D eigenvalue weighted by atomic mass is 16.5. The number of piperidine rings is 1. The Bertz CT molecular complexity index is 1380. The topological polar surface area (TPSA) is 114 Å². The molecular weight excluding hydrogens is 508 g/mol. The molecule has 1 spiro atoms. The third kappa shape index (κ3) is 6.88. The molecule has 0 aliphatic carbocycles. The van der Waals surface area contributed by atoms with Crippen molar-refractivity contribution in [2.24, 2.45) is 5.41 Å². The lowest BCUT2D eigenvalue weighted by Crippen LogP contribution is -2.45. The van der Waals surface area contributed by atoms with E-state index in [1.54, 1.807) is 12.1 Å². The Labute approximate surface area is 234 Å². The molecular formula is C31H38N4O5. The molecule has 212 valence electrons. The van der Waals surface area contributed by atoms with Crippen molar-refractivity contribution in [1.82, 2.24) is 20.2 Å². The highest BCUT2D eigenvalue weighted by molar-refractivity contribution is 5.96. The number of fused-ring (bicyclic) bond motifs is 2. The Kier molecular flexibility index (Phi) is 9.11. The van der Waals surface area contributed by atoms with E-state index in [1.165, 1.54) is 0 Å². The maximum atomic E-state index is 13.1. The third-order valence-corrected chi connectivity index (χ3v) is 8.09. The number of ether oxygens (including phenoxy) is 2. The van der Waals surface area contributed by atoms with Crippen molar-refractivity contribution in [3.8, 4) is 5.75 Å². The van der Waals surface area contributed by atoms with Gasteiger partial charge in [0.15, 0.2) is 0 Å². The van der Waals surface area contributed by atoms with Crippen LogP contribution in [-0.4, -0.2) is 66.1 Å². The summed E-state index contributed by atoms with van der Waals surface area (Å²) in [5.41, 5.74) is 1.01. The number of nitrogens with one attached hydrogen (secondary N) is 2. The zero-order chi connectivity index (χ0) is 27.8. The largest absolute Gasteiger partial charge is 0.492 e. The number of para-hydroxylation sites is 2. The molecule has 9 heteroatoms. The zero-order valence-corrected chi connectivity index (χ0v) is 23.0. The minimum absolute atomic E-state index is 0.0566. The van der Waals surface area contributed by atoms with E-state index in [9.17, 15) is 14.4 Å². The normalized spacial score (nSPS) is 18.4. The number of hydrogen-bond donors (Lipinski definition) is 2. The van der Waals surface area contributed by atoms with E-state index in [2.05, 4.69) is 15.3 Å². The lowest BCUT2D eigenvalue weighted by molar-refractivity contribution is -0.134. The first-order valence-corrected chi connectivity index (χ1v) is 14.4. The molecule has 3 aromatic rings. The van der Waals surface area contributed by atoms with Crippen LogP contribution in [0.1, 0.15) is 61.1 Å². The molecule has 0 unspecified atom stereocenters. The van der Waals surface area contributed by atoms with Crippen LogP contribution < -0.4 is 15.6 Å². The fourth-order valence-corrected chi connectivity index (χ4v) is 5.66. The quantitative estimate of drug-likeness (QED) is 0.514. The number of carbonyl (C=O) groups excluding carboxylic acids is 2. The first-order valence-electron chi connectivity index (χ1n) is 14.4. The molecule has 1 fully saturated rings. The summed E-state index contributed by atoms with van der Waals surface area (Å²) in [6, 6.07) is 14.6. The summed E-state index contributed by atoms with van der Waals surface area (Å²) >= 11 is 0. The second kappa shape index (κ2) is 13.1. The first-order chi connectivity index (χ1) is 19.5. The lowest BCUT2D eigenvalue weighted by atomic mass is 9.75. The van der Waals surface area contributed by atoms with Crippen LogP contribution in [0, 0.1) is 5.41 Å². The number of aromatic amines is 1. The van der Waals surface area contributed by atoms with Crippen molar-refractivity contribution in [3.05, 3.63) is 70.3 Å². The van der Waals surface area contributed by atoms with E-state index >= 15 is 0 Å². The lowest BCUT2D eigenvalue weighted by Gasteiger charge is -2.42. The SMILES string of the molecule is O=C1NCCOCCCCC2(CCN(C(=O)CCCc3nc4ccccc4c(=O)[nH]3)CC2)COc2ccccc21. The van der Waals surface area contributed by atoms with Crippen LogP contribution in [-0.2, 0) is 16.0 Å². The molecule has 2 aliphatic heterocycles. The number of benzene rings is 2. The van der Waals surface area contributed by atoms with Crippen molar-refractivity contribution >= 4 is 22.7 Å². The van der Waals surface area contributed by atoms with Crippen molar-refractivity contribution in [1.29, 1.82) is 0 Å². The van der Waals surface area contributed by atoms with E-state index in [0.717, 1.165) is 32.1 Å².